The van der Waals surface area contributed by atoms with Crippen LogP contribution in [-0.2, 0) is 0 Å². The lowest BCUT2D eigenvalue weighted by molar-refractivity contribution is 0.0939. The number of hydrogen-bond donors (Lipinski definition) is 1. The SMILES string of the molecule is CCC(C)NC(=O)c1cccc(OCBr)c1. The third kappa shape index (κ3) is 3.85. The Labute approximate surface area is 104 Å². The highest BCUT2D eigenvalue weighted by atomic mass is 79.9. The third-order valence-electron chi connectivity index (χ3n) is 2.31. The minimum absolute atomic E-state index is 0.0608. The van der Waals surface area contributed by atoms with Crippen molar-refractivity contribution in [2.24, 2.45) is 0 Å². The molecule has 88 valence electrons. The second-order valence-electron chi connectivity index (χ2n) is 3.56. The van der Waals surface area contributed by atoms with Gasteiger partial charge in [0.1, 0.15) is 11.3 Å². The Kier molecular flexibility index (Phi) is 5.32. The van der Waals surface area contributed by atoms with Gasteiger partial charge in [-0.3, -0.25) is 4.79 Å². The second-order valence-corrected chi connectivity index (χ2v) is 4.02. The highest BCUT2D eigenvalue weighted by molar-refractivity contribution is 9.09. The second kappa shape index (κ2) is 6.53. The normalized spacial score (nSPS) is 11.9. The molecule has 1 aromatic carbocycles. The maximum atomic E-state index is 11.8. The van der Waals surface area contributed by atoms with Gasteiger partial charge in [0.2, 0.25) is 0 Å². The van der Waals surface area contributed by atoms with Crippen LogP contribution in [0.4, 0.5) is 0 Å². The molecule has 0 aliphatic heterocycles. The van der Waals surface area contributed by atoms with E-state index in [1.165, 1.54) is 0 Å². The number of halogens is 1. The molecule has 16 heavy (non-hydrogen) atoms. The van der Waals surface area contributed by atoms with Crippen LogP contribution >= 0.6 is 15.9 Å². The monoisotopic (exact) mass is 285 g/mol. The molecule has 0 aliphatic carbocycles. The summed E-state index contributed by atoms with van der Waals surface area (Å²) in [6.07, 6.45) is 0.920. The van der Waals surface area contributed by atoms with Crippen LogP contribution in [0, 0.1) is 0 Å². The number of nitrogens with one attached hydrogen (secondary N) is 1. The van der Waals surface area contributed by atoms with E-state index in [0.29, 0.717) is 16.8 Å². The summed E-state index contributed by atoms with van der Waals surface area (Å²) in [5.41, 5.74) is 1.04. The average Bonchev–Trinajstić information content (AvgIpc) is 2.29. The van der Waals surface area contributed by atoms with Gasteiger partial charge in [-0.05, 0) is 47.5 Å². The summed E-state index contributed by atoms with van der Waals surface area (Å²) in [4.78, 5) is 11.8. The smallest absolute Gasteiger partial charge is 0.251 e. The lowest BCUT2D eigenvalue weighted by Crippen LogP contribution is -2.31. The number of ether oxygens (including phenoxy) is 1. The minimum atomic E-state index is -0.0608. The van der Waals surface area contributed by atoms with Gasteiger partial charge in [-0.1, -0.05) is 13.0 Å². The molecular formula is C12H16BrNO2. The zero-order valence-corrected chi connectivity index (χ0v) is 11.1. The molecule has 0 fully saturated rings. The van der Waals surface area contributed by atoms with E-state index in [1.807, 2.05) is 26.0 Å². The summed E-state index contributed by atoms with van der Waals surface area (Å²) in [6.45, 7) is 4.02. The molecule has 3 nitrogen and oxygen atoms in total. The van der Waals surface area contributed by atoms with Gasteiger partial charge in [0, 0.05) is 11.6 Å². The summed E-state index contributed by atoms with van der Waals surface area (Å²) < 4.78 is 5.26. The van der Waals surface area contributed by atoms with Crippen molar-refractivity contribution in [2.75, 3.05) is 5.52 Å². The van der Waals surface area contributed by atoms with Crippen LogP contribution in [0.25, 0.3) is 0 Å². The molecule has 0 aromatic heterocycles. The molecule has 0 saturated carbocycles. The average molecular weight is 286 g/mol. The maximum absolute atomic E-state index is 11.8. The van der Waals surface area contributed by atoms with Crippen LogP contribution in [0.15, 0.2) is 24.3 Å². The topological polar surface area (TPSA) is 38.3 Å². The largest absolute Gasteiger partial charge is 0.482 e. The van der Waals surface area contributed by atoms with E-state index in [2.05, 4.69) is 21.2 Å². The Balaban J connectivity index is 2.71. The molecule has 1 rings (SSSR count). The lowest BCUT2D eigenvalue weighted by atomic mass is 10.2. The molecule has 1 N–H and O–H groups in total. The molecule has 0 radical (unpaired) electrons. The van der Waals surface area contributed by atoms with E-state index in [1.54, 1.807) is 12.1 Å². The van der Waals surface area contributed by atoms with Crippen molar-refractivity contribution >= 4 is 21.8 Å². The van der Waals surface area contributed by atoms with Crippen molar-refractivity contribution in [1.29, 1.82) is 0 Å². The van der Waals surface area contributed by atoms with Crippen molar-refractivity contribution in [3.8, 4) is 5.75 Å². The van der Waals surface area contributed by atoms with E-state index in [9.17, 15) is 4.79 Å². The molecule has 4 heteroatoms. The van der Waals surface area contributed by atoms with E-state index in [-0.39, 0.29) is 11.9 Å². The first kappa shape index (κ1) is 13.0. The van der Waals surface area contributed by atoms with Gasteiger partial charge < -0.3 is 10.1 Å². The molecule has 1 amide bonds. The number of carbonyl (C=O) groups excluding carboxylic acids is 1. The fourth-order valence-corrected chi connectivity index (χ4v) is 1.46. The number of alkyl halides is 1. The summed E-state index contributed by atoms with van der Waals surface area (Å²) in [7, 11) is 0. The Morgan fingerprint density at radius 2 is 2.31 bits per heavy atom. The van der Waals surface area contributed by atoms with Crippen molar-refractivity contribution < 1.29 is 9.53 Å². The fourth-order valence-electron chi connectivity index (χ4n) is 1.20. The third-order valence-corrected chi connectivity index (χ3v) is 2.54. The predicted molar refractivity (Wildman–Crippen MR) is 68.1 cm³/mol. The Morgan fingerprint density at radius 1 is 1.56 bits per heavy atom. The molecule has 1 aromatic rings. The number of carbonyl (C=O) groups is 1. The molecule has 0 saturated heterocycles. The van der Waals surface area contributed by atoms with Crippen LogP contribution in [0.3, 0.4) is 0 Å². The maximum Gasteiger partial charge on any atom is 0.251 e. The first-order valence-corrected chi connectivity index (χ1v) is 6.39. The molecule has 0 aliphatic rings. The molecule has 0 heterocycles. The Bertz CT molecular complexity index is 355. The van der Waals surface area contributed by atoms with Gasteiger partial charge in [-0.25, -0.2) is 0 Å². The van der Waals surface area contributed by atoms with Gasteiger partial charge in [-0.2, -0.15) is 0 Å². The Hall–Kier alpha value is -1.03. The van der Waals surface area contributed by atoms with Crippen LogP contribution in [0.2, 0.25) is 0 Å². The van der Waals surface area contributed by atoms with Crippen LogP contribution in [-0.4, -0.2) is 17.5 Å². The van der Waals surface area contributed by atoms with Crippen LogP contribution in [0.5, 0.6) is 5.75 Å². The van der Waals surface area contributed by atoms with Crippen molar-refractivity contribution in [3.63, 3.8) is 0 Å². The quantitative estimate of drug-likeness (QED) is 0.845. The van der Waals surface area contributed by atoms with Crippen molar-refractivity contribution in [3.05, 3.63) is 29.8 Å². The summed E-state index contributed by atoms with van der Waals surface area (Å²) in [5.74, 6) is 0.628. The summed E-state index contributed by atoms with van der Waals surface area (Å²) in [5, 5.41) is 2.91. The predicted octanol–water partition coefficient (Wildman–Crippen LogP) is 2.95. The van der Waals surface area contributed by atoms with Crippen LogP contribution in [0.1, 0.15) is 30.6 Å². The van der Waals surface area contributed by atoms with Gasteiger partial charge in [-0.15, -0.1) is 0 Å². The number of hydrogen-bond acceptors (Lipinski definition) is 2. The van der Waals surface area contributed by atoms with Crippen molar-refractivity contribution in [2.45, 2.75) is 26.3 Å². The van der Waals surface area contributed by atoms with Gasteiger partial charge in [0.25, 0.3) is 5.91 Å². The van der Waals surface area contributed by atoms with E-state index >= 15 is 0 Å². The number of rotatable bonds is 5. The zero-order valence-electron chi connectivity index (χ0n) is 9.50. The van der Waals surface area contributed by atoms with Gasteiger partial charge in [0.05, 0.1) is 0 Å². The molecular weight excluding hydrogens is 270 g/mol. The molecule has 0 bridgehead atoms. The Morgan fingerprint density at radius 3 is 2.94 bits per heavy atom. The van der Waals surface area contributed by atoms with Gasteiger partial charge in [0.15, 0.2) is 0 Å². The highest BCUT2D eigenvalue weighted by Gasteiger charge is 2.08. The fraction of sp³-hybridized carbons (Fsp3) is 0.417. The number of amides is 1. The standard InChI is InChI=1S/C12H16BrNO2/c1-3-9(2)14-12(15)10-5-4-6-11(7-10)16-8-13/h4-7,9H,3,8H2,1-2H3,(H,14,15). The lowest BCUT2D eigenvalue weighted by Gasteiger charge is -2.11. The van der Waals surface area contributed by atoms with E-state index < -0.39 is 0 Å². The minimum Gasteiger partial charge on any atom is -0.482 e. The molecule has 1 unspecified atom stereocenters. The van der Waals surface area contributed by atoms with Crippen LogP contribution < -0.4 is 10.1 Å². The summed E-state index contributed by atoms with van der Waals surface area (Å²) >= 11 is 3.18. The first-order valence-electron chi connectivity index (χ1n) is 5.27. The molecule has 1 atom stereocenters. The number of benzene rings is 1. The zero-order chi connectivity index (χ0) is 12.0. The van der Waals surface area contributed by atoms with E-state index in [4.69, 9.17) is 4.74 Å². The van der Waals surface area contributed by atoms with Crippen molar-refractivity contribution in [1.82, 2.24) is 5.32 Å². The summed E-state index contributed by atoms with van der Waals surface area (Å²) in [6, 6.07) is 7.33. The van der Waals surface area contributed by atoms with E-state index in [0.717, 1.165) is 6.42 Å². The molecule has 0 spiro atoms. The van der Waals surface area contributed by atoms with Gasteiger partial charge >= 0.3 is 0 Å². The first-order chi connectivity index (χ1) is 7.67. The highest BCUT2D eigenvalue weighted by Crippen LogP contribution is 2.14.